The number of anilines is 2. The first-order valence-electron chi connectivity index (χ1n) is 31.1. The zero-order valence-corrected chi connectivity index (χ0v) is 51.0. The van der Waals surface area contributed by atoms with E-state index in [1.807, 2.05) is 97.5 Å². The molecule has 0 amide bonds. The molecule has 92 heavy (non-hydrogen) atoms. The van der Waals surface area contributed by atoms with Gasteiger partial charge in [0, 0.05) is 97.2 Å². The molecule has 0 fully saturated rings. The predicted molar refractivity (Wildman–Crippen MR) is 393 cm³/mol. The molecule has 2 aliphatic rings. The Labute approximate surface area is 537 Å². The fraction of sp³-hybridized carbons (Fsp3) is 0.0235. The maximum atomic E-state index is 7.58. The van der Waals surface area contributed by atoms with Gasteiger partial charge in [0.15, 0.2) is 0 Å². The molecule has 2 aliphatic heterocycles. The minimum absolute atomic E-state index is 0.199. The second-order valence-electron chi connectivity index (χ2n) is 22.4. The Bertz CT molecular complexity index is 5090. The maximum absolute atomic E-state index is 7.58. The molecule has 7 nitrogen and oxygen atoms in total. The molecular weight excluding hydrogens is 1120 g/mol. The fourth-order valence-electron chi connectivity index (χ4n) is 12.5. The highest BCUT2D eigenvalue weighted by Crippen LogP contribution is 2.47. The van der Waals surface area contributed by atoms with Crippen LogP contribution in [0.15, 0.2) is 309 Å². The summed E-state index contributed by atoms with van der Waals surface area (Å²) in [6, 6.07) is 76.7. The van der Waals surface area contributed by atoms with Crippen LogP contribution in [0.5, 0.6) is 5.75 Å². The molecule has 0 saturated heterocycles. The second-order valence-corrected chi connectivity index (χ2v) is 22.4. The van der Waals surface area contributed by atoms with Crippen LogP contribution in [0, 0.1) is 0 Å². The van der Waals surface area contributed by atoms with Crippen molar-refractivity contribution in [1.82, 2.24) is 13.7 Å². The van der Waals surface area contributed by atoms with Crippen molar-refractivity contribution < 1.29 is 4.74 Å². The SMILES string of the molecule is C=C1/C=C\c2c(c(C=N/C=C/C=C\C=C/c3ccccc3)c(/C=C\C)n2-c2ccc3c(c2)c2ccccc2n3-c2ccccc2)COc2c1ccc1c2-c2cc(N/C=C/C=C\C=C/c3ccccc3)ccc2/C=C\c2c(c3ccccc3n2-c2ccccc2)/C=C/N1. The number of ether oxygens (including phenoxy) is 1. The summed E-state index contributed by atoms with van der Waals surface area (Å²) in [6.07, 6.45) is 43.5. The molecule has 0 aliphatic carbocycles. The maximum Gasteiger partial charge on any atom is 0.137 e. The standard InChI is InChI=1S/C85H66N6O/c1-3-28-78-75(59-86-54-26-6-4-12-29-62-31-14-8-15-32-62)76-60-92-85-69(61(2)43-50-83(76)91(78)68-47-52-82-74(58-68)71-40-23-25-42-80(71)90(82)67-37-20-11-21-38-67)48-49-77-84(85)73-57-65(87-55-27-7-5-13-30-63-33-16-9-17-34-63)46-44-64(73)45-51-81-72(53-56-88-77)70-39-22-24-41-79(70)89(81)66-35-18-10-19-36-66/h3-59,87-88H,2,60H2,1H3/b6-4-,7-5-,28-3-,29-12-,30-13-,50-43-,51-45-,54-26+,55-27+,56-53+,86-59?. The van der Waals surface area contributed by atoms with Crippen LogP contribution < -0.4 is 15.4 Å². The van der Waals surface area contributed by atoms with Crippen LogP contribution in [0.25, 0.3) is 109 Å². The first-order valence-corrected chi connectivity index (χ1v) is 31.1. The van der Waals surface area contributed by atoms with Gasteiger partial charge in [-0.3, -0.25) is 4.99 Å². The molecule has 442 valence electrons. The predicted octanol–water partition coefficient (Wildman–Crippen LogP) is 21.8. The van der Waals surface area contributed by atoms with E-state index in [1.165, 1.54) is 5.39 Å². The number of para-hydroxylation sites is 4. The average Bonchev–Trinajstić information content (AvgIpc) is 1.57. The van der Waals surface area contributed by atoms with Gasteiger partial charge in [-0.25, -0.2) is 0 Å². The normalized spacial score (nSPS) is 14.4. The van der Waals surface area contributed by atoms with Gasteiger partial charge in [0.25, 0.3) is 0 Å². The quantitative estimate of drug-likeness (QED) is 0.0843. The molecule has 0 spiro atoms. The topological polar surface area (TPSA) is 60.4 Å². The summed E-state index contributed by atoms with van der Waals surface area (Å²) in [5.74, 6) is 0.698. The van der Waals surface area contributed by atoms with E-state index in [4.69, 9.17) is 16.3 Å². The zero-order chi connectivity index (χ0) is 62.0. The van der Waals surface area contributed by atoms with Gasteiger partial charge in [-0.1, -0.05) is 213 Å². The number of hydrogen-bond donors (Lipinski definition) is 2. The van der Waals surface area contributed by atoms with Crippen molar-refractivity contribution in [2.45, 2.75) is 13.5 Å². The van der Waals surface area contributed by atoms with Crippen LogP contribution in [0.3, 0.4) is 0 Å². The van der Waals surface area contributed by atoms with Gasteiger partial charge in [-0.2, -0.15) is 0 Å². The highest BCUT2D eigenvalue weighted by molar-refractivity contribution is 6.10. The molecule has 0 bridgehead atoms. The largest absolute Gasteiger partial charge is 0.487 e. The molecule has 7 heteroatoms. The van der Waals surface area contributed by atoms with E-state index in [0.717, 1.165) is 128 Å². The van der Waals surface area contributed by atoms with E-state index in [0.29, 0.717) is 5.75 Å². The van der Waals surface area contributed by atoms with Gasteiger partial charge < -0.3 is 29.1 Å². The number of aromatic nitrogens is 3. The lowest BCUT2D eigenvalue weighted by Crippen LogP contribution is -2.05. The van der Waals surface area contributed by atoms with Crippen LogP contribution in [0.2, 0.25) is 0 Å². The van der Waals surface area contributed by atoms with Gasteiger partial charge in [0.2, 0.25) is 0 Å². The number of aliphatic imine (C=N–C) groups is 1. The van der Waals surface area contributed by atoms with Crippen molar-refractivity contribution in [3.05, 3.63) is 360 Å². The smallest absolute Gasteiger partial charge is 0.137 e. The van der Waals surface area contributed by atoms with Gasteiger partial charge in [-0.15, -0.1) is 0 Å². The second kappa shape index (κ2) is 26.6. The highest BCUT2D eigenvalue weighted by Gasteiger charge is 2.27. The Balaban J connectivity index is 0.915. The number of allylic oxidation sites excluding steroid dienone is 11. The Morgan fingerprint density at radius 1 is 0.500 bits per heavy atom. The summed E-state index contributed by atoms with van der Waals surface area (Å²) < 4.78 is 14.6. The van der Waals surface area contributed by atoms with E-state index in [1.54, 1.807) is 0 Å². The van der Waals surface area contributed by atoms with Crippen LogP contribution >= 0.6 is 0 Å². The molecule has 14 rings (SSSR count). The first kappa shape index (κ1) is 57.5. The van der Waals surface area contributed by atoms with E-state index >= 15 is 0 Å². The summed E-state index contributed by atoms with van der Waals surface area (Å²) in [4.78, 5) is 5.02. The third kappa shape index (κ3) is 11.7. The van der Waals surface area contributed by atoms with Crippen molar-refractivity contribution in [3.63, 3.8) is 0 Å². The lowest BCUT2D eigenvalue weighted by Gasteiger charge is -2.21. The van der Waals surface area contributed by atoms with Crippen LogP contribution in [0.4, 0.5) is 11.4 Å². The van der Waals surface area contributed by atoms with E-state index in [2.05, 4.69) is 280 Å². The fourth-order valence-corrected chi connectivity index (χ4v) is 12.5. The lowest BCUT2D eigenvalue weighted by molar-refractivity contribution is 0.306. The number of hydrogen-bond acceptors (Lipinski definition) is 4. The third-order valence-electron chi connectivity index (χ3n) is 16.7. The monoisotopic (exact) mass is 1190 g/mol. The zero-order valence-electron chi connectivity index (χ0n) is 51.0. The van der Waals surface area contributed by atoms with Crippen LogP contribution in [0.1, 0.15) is 62.9 Å². The molecule has 2 N–H and O–H groups in total. The molecule has 9 aromatic carbocycles. The molecule has 3 aromatic heterocycles. The summed E-state index contributed by atoms with van der Waals surface area (Å²) >= 11 is 0. The molecule has 12 aromatic rings. The first-order chi connectivity index (χ1) is 45.6. The van der Waals surface area contributed by atoms with Crippen molar-refractivity contribution in [2.75, 3.05) is 10.6 Å². The summed E-state index contributed by atoms with van der Waals surface area (Å²) in [6.45, 7) is 7.08. The Hall–Kier alpha value is -12.2. The Morgan fingerprint density at radius 2 is 1.13 bits per heavy atom. The molecule has 5 heterocycles. The van der Waals surface area contributed by atoms with Crippen molar-refractivity contribution in [1.29, 1.82) is 0 Å². The number of nitrogens with one attached hydrogen (secondary N) is 2. The van der Waals surface area contributed by atoms with E-state index < -0.39 is 0 Å². The molecule has 0 saturated carbocycles. The minimum Gasteiger partial charge on any atom is -0.487 e. The number of rotatable bonds is 14. The van der Waals surface area contributed by atoms with E-state index in [9.17, 15) is 0 Å². The van der Waals surface area contributed by atoms with Gasteiger partial charge in [-0.05, 0) is 150 Å². The average molecular weight is 1190 g/mol. The summed E-state index contributed by atoms with van der Waals surface area (Å²) in [5.41, 5.74) is 21.1. The Morgan fingerprint density at radius 3 is 1.86 bits per heavy atom. The van der Waals surface area contributed by atoms with Crippen LogP contribution in [-0.4, -0.2) is 19.9 Å². The van der Waals surface area contributed by atoms with E-state index in [-0.39, 0.29) is 6.61 Å². The van der Waals surface area contributed by atoms with Gasteiger partial charge in [0.1, 0.15) is 12.4 Å². The summed E-state index contributed by atoms with van der Waals surface area (Å²) in [7, 11) is 0. The van der Waals surface area contributed by atoms with Crippen molar-refractivity contribution in [2.24, 2.45) is 4.99 Å². The molecule has 0 unspecified atom stereocenters. The van der Waals surface area contributed by atoms with Gasteiger partial charge >= 0.3 is 0 Å². The number of nitrogens with zero attached hydrogens (tertiary/aromatic N) is 4. The molecule has 0 radical (unpaired) electrons. The molecule has 0 atom stereocenters. The van der Waals surface area contributed by atoms with Crippen molar-refractivity contribution >= 4 is 98.4 Å². The Kier molecular flexibility index (Phi) is 16.7. The summed E-state index contributed by atoms with van der Waals surface area (Å²) in [5, 5.41) is 10.9. The van der Waals surface area contributed by atoms with Crippen molar-refractivity contribution in [3.8, 4) is 33.9 Å². The number of fused-ring (bicyclic) bond motifs is 12. The minimum atomic E-state index is 0.199. The highest BCUT2D eigenvalue weighted by atomic mass is 16.5. The van der Waals surface area contributed by atoms with Gasteiger partial charge in [0.05, 0.1) is 33.6 Å². The third-order valence-corrected chi connectivity index (χ3v) is 16.7. The number of benzene rings is 9. The lowest BCUT2D eigenvalue weighted by atomic mass is 9.92. The van der Waals surface area contributed by atoms with Crippen LogP contribution in [-0.2, 0) is 6.61 Å². The molecular formula is C85H66N6O.